The Bertz CT molecular complexity index is 1560. The summed E-state index contributed by atoms with van der Waals surface area (Å²) in [6, 6.07) is 12.8. The fourth-order valence-electron chi connectivity index (χ4n) is 4.61. The Morgan fingerprint density at radius 1 is 1.17 bits per heavy atom. The molecule has 8 nitrogen and oxygen atoms in total. The molecule has 2 atom stereocenters. The summed E-state index contributed by atoms with van der Waals surface area (Å²) in [6.07, 6.45) is 2.04. The van der Waals surface area contributed by atoms with Crippen LogP contribution in [0.25, 0.3) is 16.3 Å². The number of aromatic nitrogens is 4. The van der Waals surface area contributed by atoms with Crippen molar-refractivity contribution in [2.45, 2.75) is 40.2 Å². The van der Waals surface area contributed by atoms with Crippen LogP contribution in [-0.4, -0.2) is 36.5 Å². The van der Waals surface area contributed by atoms with E-state index in [4.69, 9.17) is 4.99 Å². The standard InChI is InChI=1S/C27H24N6O2S/c1-5-20(27(34)35)24-25-32-31-16(4)33(25)26-22(14(2)15(3)36-26)23(30-24)19-8-6-18(7-9-19)21-12-17(13-28)10-11-29-21/h6-12,20,24H,5H2,1-4H3,(H,34,35)/t20-,24?/m0/s1. The van der Waals surface area contributed by atoms with E-state index in [9.17, 15) is 15.2 Å². The second-order valence-corrected chi connectivity index (χ2v) is 10.0. The van der Waals surface area contributed by atoms with Crippen molar-refractivity contribution >= 4 is 23.0 Å². The van der Waals surface area contributed by atoms with Gasteiger partial charge in [-0.15, -0.1) is 21.5 Å². The van der Waals surface area contributed by atoms with Crippen LogP contribution in [-0.2, 0) is 4.79 Å². The van der Waals surface area contributed by atoms with Crippen molar-refractivity contribution in [3.05, 3.63) is 81.4 Å². The third-order valence-electron chi connectivity index (χ3n) is 6.67. The largest absolute Gasteiger partial charge is 0.481 e. The lowest BCUT2D eigenvalue weighted by molar-refractivity contribution is -0.142. The number of carboxylic acid groups (broad SMARTS) is 1. The molecule has 9 heteroatoms. The summed E-state index contributed by atoms with van der Waals surface area (Å²) in [5.41, 5.74) is 5.83. The number of aryl methyl sites for hydroxylation is 2. The first-order valence-electron chi connectivity index (χ1n) is 11.6. The zero-order valence-corrected chi connectivity index (χ0v) is 21.2. The SMILES string of the molecule is CC[C@H](C(=O)O)C1N=C(c2ccc(-c3cc(C#N)ccn3)cc2)c2c(sc(C)c2C)-n2c(C)nnc21. The summed E-state index contributed by atoms with van der Waals surface area (Å²) in [7, 11) is 0. The van der Waals surface area contributed by atoms with Gasteiger partial charge >= 0.3 is 5.97 Å². The van der Waals surface area contributed by atoms with E-state index in [0.717, 1.165) is 37.8 Å². The third kappa shape index (κ3) is 3.80. The van der Waals surface area contributed by atoms with E-state index in [-0.39, 0.29) is 0 Å². The van der Waals surface area contributed by atoms with E-state index >= 15 is 0 Å². The van der Waals surface area contributed by atoms with Gasteiger partial charge in [0, 0.05) is 27.8 Å². The maximum atomic E-state index is 12.2. The molecular formula is C27H24N6O2S. The Morgan fingerprint density at radius 2 is 1.89 bits per heavy atom. The van der Waals surface area contributed by atoms with Gasteiger partial charge in [-0.05, 0) is 44.9 Å². The quantitative estimate of drug-likeness (QED) is 0.406. The van der Waals surface area contributed by atoms with Crippen LogP contribution in [0.15, 0.2) is 47.6 Å². The van der Waals surface area contributed by atoms with E-state index in [0.29, 0.717) is 29.3 Å². The lowest BCUT2D eigenvalue weighted by Crippen LogP contribution is -2.23. The molecule has 1 aliphatic rings. The molecule has 4 aromatic rings. The van der Waals surface area contributed by atoms with Crippen molar-refractivity contribution in [1.29, 1.82) is 5.26 Å². The highest BCUT2D eigenvalue weighted by Crippen LogP contribution is 2.41. The summed E-state index contributed by atoms with van der Waals surface area (Å²) >= 11 is 1.64. The van der Waals surface area contributed by atoms with Gasteiger partial charge in [-0.1, -0.05) is 31.2 Å². The summed E-state index contributed by atoms with van der Waals surface area (Å²) < 4.78 is 1.97. The highest BCUT2D eigenvalue weighted by Gasteiger charge is 2.37. The second-order valence-electron chi connectivity index (χ2n) is 8.80. The zero-order chi connectivity index (χ0) is 25.6. The molecule has 5 rings (SSSR count). The van der Waals surface area contributed by atoms with E-state index < -0.39 is 17.9 Å². The molecule has 36 heavy (non-hydrogen) atoms. The van der Waals surface area contributed by atoms with Crippen molar-refractivity contribution in [2.24, 2.45) is 10.9 Å². The molecular weight excluding hydrogens is 472 g/mol. The van der Waals surface area contributed by atoms with Gasteiger partial charge in [-0.2, -0.15) is 5.26 Å². The minimum absolute atomic E-state index is 0.411. The van der Waals surface area contributed by atoms with Crippen molar-refractivity contribution in [1.82, 2.24) is 19.7 Å². The van der Waals surface area contributed by atoms with E-state index in [1.165, 1.54) is 0 Å². The lowest BCUT2D eigenvalue weighted by atomic mass is 9.95. The highest BCUT2D eigenvalue weighted by atomic mass is 32.1. The Hall–Kier alpha value is -4.16. The maximum Gasteiger partial charge on any atom is 0.309 e. The number of nitriles is 1. The number of nitrogens with zero attached hydrogens (tertiary/aromatic N) is 6. The minimum Gasteiger partial charge on any atom is -0.481 e. The predicted molar refractivity (Wildman–Crippen MR) is 138 cm³/mol. The number of fused-ring (bicyclic) bond motifs is 3. The summed E-state index contributed by atoms with van der Waals surface area (Å²) in [4.78, 5) is 22.9. The average Bonchev–Trinajstić information content (AvgIpc) is 3.35. The van der Waals surface area contributed by atoms with E-state index in [2.05, 4.69) is 35.1 Å². The van der Waals surface area contributed by atoms with Gasteiger partial charge in [0.1, 0.15) is 16.9 Å². The van der Waals surface area contributed by atoms with Crippen molar-refractivity contribution in [2.75, 3.05) is 0 Å². The van der Waals surface area contributed by atoms with Gasteiger partial charge in [-0.3, -0.25) is 19.3 Å². The molecule has 180 valence electrons. The summed E-state index contributed by atoms with van der Waals surface area (Å²) in [6.45, 7) is 7.88. The molecule has 1 aromatic carbocycles. The number of aliphatic imine (C=N–C) groups is 1. The fourth-order valence-corrected chi connectivity index (χ4v) is 5.82. The number of thiophene rings is 1. The first-order valence-corrected chi connectivity index (χ1v) is 12.5. The van der Waals surface area contributed by atoms with Crippen molar-refractivity contribution in [3.8, 4) is 22.3 Å². The number of benzene rings is 1. The average molecular weight is 497 g/mol. The maximum absolute atomic E-state index is 12.2. The van der Waals surface area contributed by atoms with Crippen molar-refractivity contribution in [3.63, 3.8) is 0 Å². The molecule has 0 fully saturated rings. The predicted octanol–water partition coefficient (Wildman–Crippen LogP) is 5.19. The van der Waals surface area contributed by atoms with E-state index in [1.54, 1.807) is 29.7 Å². The highest BCUT2D eigenvalue weighted by molar-refractivity contribution is 7.15. The Balaban J connectivity index is 1.71. The number of pyridine rings is 1. The van der Waals surface area contributed by atoms with Crippen LogP contribution in [0, 0.1) is 38.0 Å². The molecule has 0 spiro atoms. The molecule has 1 unspecified atom stereocenters. The third-order valence-corrected chi connectivity index (χ3v) is 7.86. The number of carboxylic acids is 1. The molecule has 0 saturated carbocycles. The first kappa shape index (κ1) is 23.6. The number of hydrogen-bond donors (Lipinski definition) is 1. The van der Waals surface area contributed by atoms with Gasteiger partial charge in [0.25, 0.3) is 0 Å². The van der Waals surface area contributed by atoms with Gasteiger partial charge in [0.15, 0.2) is 5.82 Å². The summed E-state index contributed by atoms with van der Waals surface area (Å²) in [5.74, 6) is -0.397. The zero-order valence-electron chi connectivity index (χ0n) is 20.4. The molecule has 0 amide bonds. The number of aliphatic carboxylic acids is 1. The Kier molecular flexibility index (Phi) is 5.98. The summed E-state index contributed by atoms with van der Waals surface area (Å²) in [5, 5.41) is 28.9. The lowest BCUT2D eigenvalue weighted by Gasteiger charge is -2.18. The van der Waals surface area contributed by atoms with E-state index in [1.807, 2.05) is 42.7 Å². The van der Waals surface area contributed by atoms with Crippen LogP contribution >= 0.6 is 11.3 Å². The van der Waals surface area contributed by atoms with Crippen LogP contribution in [0.3, 0.4) is 0 Å². The first-order chi connectivity index (χ1) is 17.3. The molecule has 0 bridgehead atoms. The normalized spacial score (nSPS) is 15.3. The molecule has 0 saturated heterocycles. The van der Waals surface area contributed by atoms with Crippen LogP contribution in [0.4, 0.5) is 0 Å². The van der Waals surface area contributed by atoms with Gasteiger partial charge in [0.05, 0.1) is 29.0 Å². The molecule has 0 aliphatic carbocycles. The molecule has 1 N–H and O–H groups in total. The topological polar surface area (TPSA) is 117 Å². The van der Waals surface area contributed by atoms with Gasteiger partial charge in [0.2, 0.25) is 0 Å². The Labute approximate surface area is 212 Å². The van der Waals surface area contributed by atoms with Crippen molar-refractivity contribution < 1.29 is 9.90 Å². The monoisotopic (exact) mass is 496 g/mol. The smallest absolute Gasteiger partial charge is 0.309 e. The minimum atomic E-state index is -0.908. The molecule has 3 aromatic heterocycles. The number of carbonyl (C=O) groups is 1. The van der Waals surface area contributed by atoms with Crippen LogP contribution in [0.1, 0.15) is 58.2 Å². The molecule has 0 radical (unpaired) electrons. The van der Waals surface area contributed by atoms with Crippen LogP contribution in [0.2, 0.25) is 0 Å². The van der Waals surface area contributed by atoms with Crippen LogP contribution < -0.4 is 0 Å². The number of rotatable bonds is 5. The molecule has 1 aliphatic heterocycles. The number of hydrogen-bond acceptors (Lipinski definition) is 7. The fraction of sp³-hybridized carbons (Fsp3) is 0.259. The van der Waals surface area contributed by atoms with Crippen LogP contribution in [0.5, 0.6) is 0 Å². The second kappa shape index (κ2) is 9.13. The Morgan fingerprint density at radius 3 is 2.56 bits per heavy atom. The molecule has 4 heterocycles. The van der Waals surface area contributed by atoms with Gasteiger partial charge < -0.3 is 5.11 Å². The van der Waals surface area contributed by atoms with Gasteiger partial charge in [-0.25, -0.2) is 0 Å².